The highest BCUT2D eigenvalue weighted by Crippen LogP contribution is 2.28. The second-order valence-corrected chi connectivity index (χ2v) is 5.02. The van der Waals surface area contributed by atoms with Gasteiger partial charge in [-0.3, -0.25) is 4.79 Å². The van der Waals surface area contributed by atoms with Crippen molar-refractivity contribution in [1.82, 2.24) is 5.32 Å². The van der Waals surface area contributed by atoms with Gasteiger partial charge in [0.05, 0.1) is 12.1 Å². The zero-order chi connectivity index (χ0) is 14.5. The average Bonchev–Trinajstić information content (AvgIpc) is 2.41. The molecule has 0 saturated heterocycles. The number of hydrogen-bond acceptors (Lipinski definition) is 2. The van der Waals surface area contributed by atoms with E-state index in [9.17, 15) is 10.1 Å². The van der Waals surface area contributed by atoms with Gasteiger partial charge in [0.15, 0.2) is 0 Å². The summed E-state index contributed by atoms with van der Waals surface area (Å²) in [5, 5.41) is 12.7. The zero-order valence-electron chi connectivity index (χ0n) is 11.5. The van der Waals surface area contributed by atoms with Crippen molar-refractivity contribution in [2.24, 2.45) is 5.41 Å². The molecule has 0 fully saturated rings. The number of nitrogens with zero attached hydrogens (tertiary/aromatic N) is 1. The van der Waals surface area contributed by atoms with Gasteiger partial charge in [-0.25, -0.2) is 0 Å². The van der Waals surface area contributed by atoms with E-state index < -0.39 is 5.41 Å². The minimum atomic E-state index is -0.949. The Hall–Kier alpha value is -1.53. The van der Waals surface area contributed by atoms with Gasteiger partial charge in [0.2, 0.25) is 5.91 Å². The van der Waals surface area contributed by atoms with Crippen LogP contribution in [-0.4, -0.2) is 5.91 Å². The molecule has 1 N–H and O–H groups in total. The highest BCUT2D eigenvalue weighted by Gasteiger charge is 2.35. The average molecular weight is 279 g/mol. The maximum absolute atomic E-state index is 12.3. The van der Waals surface area contributed by atoms with Crippen molar-refractivity contribution in [3.05, 3.63) is 34.9 Å². The molecule has 0 radical (unpaired) electrons. The summed E-state index contributed by atoms with van der Waals surface area (Å²) in [4.78, 5) is 12.3. The second-order valence-electron chi connectivity index (χ2n) is 4.62. The Morgan fingerprint density at radius 2 is 2.00 bits per heavy atom. The van der Waals surface area contributed by atoms with E-state index in [2.05, 4.69) is 11.4 Å². The van der Waals surface area contributed by atoms with Crippen molar-refractivity contribution in [2.45, 2.75) is 39.7 Å². The fraction of sp³-hybridized carbons (Fsp3) is 0.467. The van der Waals surface area contributed by atoms with Crippen LogP contribution in [-0.2, 0) is 4.79 Å². The first kappa shape index (κ1) is 15.5. The normalized spacial score (nSPS) is 12.6. The molecule has 1 amide bonds. The van der Waals surface area contributed by atoms with Crippen LogP contribution in [0.4, 0.5) is 0 Å². The molecule has 0 aliphatic rings. The van der Waals surface area contributed by atoms with Crippen LogP contribution >= 0.6 is 11.6 Å². The third-order valence-corrected chi connectivity index (χ3v) is 3.92. The van der Waals surface area contributed by atoms with Crippen LogP contribution < -0.4 is 5.32 Å². The van der Waals surface area contributed by atoms with Gasteiger partial charge in [-0.1, -0.05) is 43.6 Å². The number of benzene rings is 1. The molecule has 3 nitrogen and oxygen atoms in total. The van der Waals surface area contributed by atoms with Crippen LogP contribution in [0.25, 0.3) is 0 Å². The second kappa shape index (κ2) is 6.58. The Morgan fingerprint density at radius 3 is 2.47 bits per heavy atom. The van der Waals surface area contributed by atoms with Gasteiger partial charge in [-0.2, -0.15) is 5.26 Å². The fourth-order valence-corrected chi connectivity index (χ4v) is 2.32. The first-order valence-corrected chi connectivity index (χ1v) is 6.85. The predicted molar refractivity (Wildman–Crippen MR) is 76.6 cm³/mol. The van der Waals surface area contributed by atoms with E-state index in [1.54, 1.807) is 6.07 Å². The fourth-order valence-electron chi connectivity index (χ4n) is 2.02. The lowest BCUT2D eigenvalue weighted by molar-refractivity contribution is -0.129. The first-order chi connectivity index (χ1) is 9.00. The maximum Gasteiger partial charge on any atom is 0.240 e. The lowest BCUT2D eigenvalue weighted by Gasteiger charge is -2.25. The number of carbonyl (C=O) groups excluding carboxylic acids is 1. The number of nitrogens with one attached hydrogen (secondary N) is 1. The standard InChI is InChI=1S/C15H19ClN2O/c1-4-15(5-2,10-17)14(19)18-11(3)12-8-6-7-9-13(12)16/h6-9,11H,4-5H2,1-3H3,(H,18,19). The van der Waals surface area contributed by atoms with Crippen LogP contribution in [0.15, 0.2) is 24.3 Å². The summed E-state index contributed by atoms with van der Waals surface area (Å²) in [5.41, 5.74) is -0.0910. The first-order valence-electron chi connectivity index (χ1n) is 6.47. The van der Waals surface area contributed by atoms with E-state index in [1.807, 2.05) is 39.0 Å². The molecule has 102 valence electrons. The van der Waals surface area contributed by atoms with Crippen molar-refractivity contribution in [2.75, 3.05) is 0 Å². The van der Waals surface area contributed by atoms with Gasteiger partial charge in [0.1, 0.15) is 5.41 Å². The molecule has 19 heavy (non-hydrogen) atoms. The quantitative estimate of drug-likeness (QED) is 0.889. The van der Waals surface area contributed by atoms with Gasteiger partial charge in [-0.05, 0) is 31.4 Å². The lowest BCUT2D eigenvalue weighted by atomic mass is 9.82. The number of rotatable bonds is 5. The Kier molecular flexibility index (Phi) is 5.38. The summed E-state index contributed by atoms with van der Waals surface area (Å²) in [6.45, 7) is 5.57. The Morgan fingerprint density at radius 1 is 1.42 bits per heavy atom. The molecule has 1 aromatic carbocycles. The molecule has 1 unspecified atom stereocenters. The number of hydrogen-bond donors (Lipinski definition) is 1. The van der Waals surface area contributed by atoms with Gasteiger partial charge in [0, 0.05) is 5.02 Å². The van der Waals surface area contributed by atoms with E-state index in [1.165, 1.54) is 0 Å². The van der Waals surface area contributed by atoms with Crippen molar-refractivity contribution in [3.63, 3.8) is 0 Å². The van der Waals surface area contributed by atoms with E-state index in [0.717, 1.165) is 5.56 Å². The summed E-state index contributed by atoms with van der Waals surface area (Å²) in [6, 6.07) is 9.31. The third kappa shape index (κ3) is 3.27. The number of carbonyl (C=O) groups is 1. The minimum absolute atomic E-state index is 0.216. The van der Waals surface area contributed by atoms with E-state index in [-0.39, 0.29) is 11.9 Å². The number of halogens is 1. The van der Waals surface area contributed by atoms with Gasteiger partial charge >= 0.3 is 0 Å². The number of amides is 1. The van der Waals surface area contributed by atoms with Crippen LogP contribution in [0.2, 0.25) is 5.02 Å². The topological polar surface area (TPSA) is 52.9 Å². The molecule has 4 heteroatoms. The zero-order valence-corrected chi connectivity index (χ0v) is 12.3. The van der Waals surface area contributed by atoms with E-state index in [0.29, 0.717) is 17.9 Å². The Bertz CT molecular complexity index is 489. The van der Waals surface area contributed by atoms with Gasteiger partial charge in [-0.15, -0.1) is 0 Å². The molecule has 1 atom stereocenters. The monoisotopic (exact) mass is 278 g/mol. The number of nitriles is 1. The van der Waals surface area contributed by atoms with Crippen molar-refractivity contribution >= 4 is 17.5 Å². The summed E-state index contributed by atoms with van der Waals surface area (Å²) >= 11 is 6.10. The lowest BCUT2D eigenvalue weighted by Crippen LogP contribution is -2.40. The van der Waals surface area contributed by atoms with Crippen LogP contribution in [0.5, 0.6) is 0 Å². The third-order valence-electron chi connectivity index (χ3n) is 3.58. The van der Waals surface area contributed by atoms with Crippen LogP contribution in [0, 0.1) is 16.7 Å². The Balaban J connectivity index is 2.89. The molecule has 0 aliphatic carbocycles. The largest absolute Gasteiger partial charge is 0.348 e. The molecule has 0 saturated carbocycles. The SMILES string of the molecule is CCC(C#N)(CC)C(=O)NC(C)c1ccccc1Cl. The van der Waals surface area contributed by atoms with Crippen molar-refractivity contribution in [3.8, 4) is 6.07 Å². The maximum atomic E-state index is 12.3. The highest BCUT2D eigenvalue weighted by atomic mass is 35.5. The molecule has 0 aromatic heterocycles. The molecule has 0 heterocycles. The van der Waals surface area contributed by atoms with Crippen molar-refractivity contribution in [1.29, 1.82) is 5.26 Å². The molecule has 0 aliphatic heterocycles. The highest BCUT2D eigenvalue weighted by molar-refractivity contribution is 6.31. The molecule has 0 spiro atoms. The predicted octanol–water partition coefficient (Wildman–Crippen LogP) is 3.85. The molecule has 1 rings (SSSR count). The molecule has 1 aromatic rings. The van der Waals surface area contributed by atoms with Crippen LogP contribution in [0.1, 0.15) is 45.2 Å². The summed E-state index contributed by atoms with van der Waals surface area (Å²) in [6.07, 6.45) is 1.00. The van der Waals surface area contributed by atoms with Gasteiger partial charge in [0.25, 0.3) is 0 Å². The van der Waals surface area contributed by atoms with Gasteiger partial charge < -0.3 is 5.32 Å². The molecule has 0 bridgehead atoms. The molecular formula is C15H19ClN2O. The minimum Gasteiger partial charge on any atom is -0.348 e. The summed E-state index contributed by atoms with van der Waals surface area (Å²) in [7, 11) is 0. The summed E-state index contributed by atoms with van der Waals surface area (Å²) in [5.74, 6) is -0.229. The summed E-state index contributed by atoms with van der Waals surface area (Å²) < 4.78 is 0. The Labute approximate surface area is 119 Å². The van der Waals surface area contributed by atoms with Crippen molar-refractivity contribution < 1.29 is 4.79 Å². The molecular weight excluding hydrogens is 260 g/mol. The van der Waals surface area contributed by atoms with E-state index >= 15 is 0 Å². The van der Waals surface area contributed by atoms with E-state index in [4.69, 9.17) is 11.6 Å². The van der Waals surface area contributed by atoms with Crippen LogP contribution in [0.3, 0.4) is 0 Å². The smallest absolute Gasteiger partial charge is 0.240 e.